The van der Waals surface area contributed by atoms with E-state index in [0.29, 0.717) is 16.9 Å². The van der Waals surface area contributed by atoms with Gasteiger partial charge in [0, 0.05) is 17.0 Å². The second-order valence-electron chi connectivity index (χ2n) is 7.53. The third-order valence-corrected chi connectivity index (χ3v) is 5.66. The van der Waals surface area contributed by atoms with E-state index >= 15 is 0 Å². The van der Waals surface area contributed by atoms with Gasteiger partial charge in [0.25, 0.3) is 0 Å². The van der Waals surface area contributed by atoms with E-state index < -0.39 is 5.63 Å². The first-order valence-electron chi connectivity index (χ1n) is 10.0. The summed E-state index contributed by atoms with van der Waals surface area (Å²) in [6, 6.07) is 12.6. The van der Waals surface area contributed by atoms with Crippen molar-refractivity contribution < 1.29 is 18.7 Å². The molecule has 4 rings (SSSR count). The highest BCUT2D eigenvalue weighted by atomic mass is 16.5. The van der Waals surface area contributed by atoms with Gasteiger partial charge in [-0.15, -0.1) is 0 Å². The van der Waals surface area contributed by atoms with Gasteiger partial charge in [0.05, 0.1) is 13.0 Å². The molecule has 1 fully saturated rings. The van der Waals surface area contributed by atoms with Crippen LogP contribution in [0.15, 0.2) is 51.7 Å². The average Bonchev–Trinajstić information content (AvgIpc) is 2.76. The van der Waals surface area contributed by atoms with Crippen molar-refractivity contribution in [1.29, 1.82) is 0 Å². The minimum absolute atomic E-state index is 0.0449. The number of carbonyl (C=O) groups excluding carboxylic acids is 1. The van der Waals surface area contributed by atoms with Crippen molar-refractivity contribution in [2.24, 2.45) is 5.92 Å². The Hall–Kier alpha value is -3.08. The fourth-order valence-electron chi connectivity index (χ4n) is 3.99. The van der Waals surface area contributed by atoms with Crippen LogP contribution >= 0.6 is 0 Å². The predicted molar refractivity (Wildman–Crippen MR) is 111 cm³/mol. The zero-order valence-electron chi connectivity index (χ0n) is 16.7. The highest BCUT2D eigenvalue weighted by Crippen LogP contribution is 2.34. The lowest BCUT2D eigenvalue weighted by molar-refractivity contribution is -0.140. The Morgan fingerprint density at radius 1 is 1.03 bits per heavy atom. The van der Waals surface area contributed by atoms with Gasteiger partial charge in [-0.2, -0.15) is 0 Å². The average molecular weight is 392 g/mol. The molecule has 0 N–H and O–H groups in total. The van der Waals surface area contributed by atoms with Gasteiger partial charge in [-0.25, -0.2) is 4.79 Å². The maximum atomic E-state index is 12.5. The molecule has 3 aromatic rings. The lowest BCUT2D eigenvalue weighted by Gasteiger charge is -2.20. The molecule has 2 aromatic carbocycles. The summed E-state index contributed by atoms with van der Waals surface area (Å²) >= 11 is 0. The molecule has 0 saturated heterocycles. The predicted octanol–water partition coefficient (Wildman–Crippen LogP) is 5.26. The number of esters is 1. The van der Waals surface area contributed by atoms with Crippen molar-refractivity contribution in [3.05, 3.63) is 58.4 Å². The topological polar surface area (TPSA) is 65.7 Å². The molecule has 0 aliphatic heterocycles. The fraction of sp³-hybridized carbons (Fsp3) is 0.333. The molecule has 150 valence electrons. The molecule has 1 heterocycles. The second-order valence-corrected chi connectivity index (χ2v) is 7.53. The summed E-state index contributed by atoms with van der Waals surface area (Å²) in [4.78, 5) is 24.8. The quantitative estimate of drug-likeness (QED) is 0.344. The van der Waals surface area contributed by atoms with Crippen LogP contribution in [0.2, 0.25) is 0 Å². The van der Waals surface area contributed by atoms with E-state index in [4.69, 9.17) is 13.9 Å². The largest absolute Gasteiger partial charge is 0.497 e. The normalized spacial score (nSPS) is 14.7. The molecule has 0 bridgehead atoms. The van der Waals surface area contributed by atoms with Crippen LogP contribution < -0.4 is 15.1 Å². The van der Waals surface area contributed by atoms with Crippen LogP contribution in [-0.4, -0.2) is 13.1 Å². The van der Waals surface area contributed by atoms with Crippen LogP contribution in [0.25, 0.3) is 22.1 Å². The fourth-order valence-corrected chi connectivity index (χ4v) is 3.99. The van der Waals surface area contributed by atoms with Crippen molar-refractivity contribution in [1.82, 2.24) is 0 Å². The number of fused-ring (bicyclic) bond motifs is 1. The second kappa shape index (κ2) is 8.11. The lowest BCUT2D eigenvalue weighted by atomic mass is 9.89. The summed E-state index contributed by atoms with van der Waals surface area (Å²) in [5.74, 6) is 0.953. The Bertz CT molecular complexity index is 1090. The molecule has 1 aliphatic rings. The Morgan fingerprint density at radius 2 is 1.76 bits per heavy atom. The minimum atomic E-state index is -0.442. The first-order chi connectivity index (χ1) is 14.1. The molecule has 0 atom stereocenters. The molecule has 0 spiro atoms. The molecule has 1 aliphatic carbocycles. The molecular formula is C24H24O5. The standard InChI is InChI=1S/C24H24O5/c1-15-21(28-24(26)17-6-4-3-5-7-17)13-12-19-20(14-22(25)29-23(15)19)16-8-10-18(27-2)11-9-16/h8-14,17H,3-7H2,1-2H3. The highest BCUT2D eigenvalue weighted by Gasteiger charge is 2.24. The number of carbonyl (C=O) groups is 1. The molecule has 5 heteroatoms. The smallest absolute Gasteiger partial charge is 0.336 e. The number of hydrogen-bond donors (Lipinski definition) is 0. The SMILES string of the molecule is COc1ccc(-c2cc(=O)oc3c(C)c(OC(=O)C4CCCCC4)ccc23)cc1. The molecule has 0 unspecified atom stereocenters. The van der Waals surface area contributed by atoms with Crippen molar-refractivity contribution in [2.45, 2.75) is 39.0 Å². The summed E-state index contributed by atoms with van der Waals surface area (Å²) in [6.07, 6.45) is 5.07. The molecule has 1 aromatic heterocycles. The Kier molecular flexibility index (Phi) is 5.38. The number of ether oxygens (including phenoxy) is 2. The molecule has 1 saturated carbocycles. The minimum Gasteiger partial charge on any atom is -0.497 e. The third kappa shape index (κ3) is 3.90. The molecule has 0 radical (unpaired) electrons. The lowest BCUT2D eigenvalue weighted by Crippen LogP contribution is -2.23. The summed E-state index contributed by atoms with van der Waals surface area (Å²) in [7, 11) is 1.61. The van der Waals surface area contributed by atoms with Crippen LogP contribution in [0.4, 0.5) is 0 Å². The van der Waals surface area contributed by atoms with Gasteiger partial charge >= 0.3 is 11.6 Å². The zero-order chi connectivity index (χ0) is 20.4. The van der Waals surface area contributed by atoms with Gasteiger partial charge in [0.15, 0.2) is 0 Å². The van der Waals surface area contributed by atoms with E-state index in [1.54, 1.807) is 13.2 Å². The van der Waals surface area contributed by atoms with Crippen molar-refractivity contribution in [2.75, 3.05) is 7.11 Å². The van der Waals surface area contributed by atoms with Gasteiger partial charge in [0.2, 0.25) is 0 Å². The Morgan fingerprint density at radius 3 is 2.45 bits per heavy atom. The van der Waals surface area contributed by atoms with E-state index in [1.807, 2.05) is 37.3 Å². The molecular weight excluding hydrogens is 368 g/mol. The Labute approximate surface area is 169 Å². The van der Waals surface area contributed by atoms with Crippen LogP contribution in [0, 0.1) is 12.8 Å². The van der Waals surface area contributed by atoms with Crippen LogP contribution in [0.3, 0.4) is 0 Å². The Balaban J connectivity index is 1.72. The summed E-state index contributed by atoms with van der Waals surface area (Å²) in [6.45, 7) is 1.81. The first-order valence-corrected chi connectivity index (χ1v) is 10.0. The maximum absolute atomic E-state index is 12.5. The van der Waals surface area contributed by atoms with Gasteiger partial charge < -0.3 is 13.9 Å². The van der Waals surface area contributed by atoms with E-state index in [-0.39, 0.29) is 11.9 Å². The summed E-state index contributed by atoms with van der Waals surface area (Å²) in [5.41, 5.74) is 2.31. The number of aryl methyl sites for hydroxylation is 1. The number of hydrogen-bond acceptors (Lipinski definition) is 5. The van der Waals surface area contributed by atoms with Gasteiger partial charge in [-0.3, -0.25) is 4.79 Å². The first kappa shape index (κ1) is 19.2. The molecule has 29 heavy (non-hydrogen) atoms. The van der Waals surface area contributed by atoms with Crippen molar-refractivity contribution >= 4 is 16.9 Å². The highest BCUT2D eigenvalue weighted by molar-refractivity contribution is 5.96. The van der Waals surface area contributed by atoms with E-state index in [1.165, 1.54) is 12.5 Å². The van der Waals surface area contributed by atoms with Crippen molar-refractivity contribution in [3.63, 3.8) is 0 Å². The van der Waals surface area contributed by atoms with Crippen molar-refractivity contribution in [3.8, 4) is 22.6 Å². The third-order valence-electron chi connectivity index (χ3n) is 5.66. The van der Waals surface area contributed by atoms with E-state index in [0.717, 1.165) is 47.9 Å². The summed E-state index contributed by atoms with van der Waals surface area (Å²) in [5, 5.41) is 0.796. The monoisotopic (exact) mass is 392 g/mol. The number of methoxy groups -OCH3 is 1. The molecule has 5 nitrogen and oxygen atoms in total. The van der Waals surface area contributed by atoms with Gasteiger partial charge in [0.1, 0.15) is 17.1 Å². The van der Waals surface area contributed by atoms with Gasteiger partial charge in [-0.05, 0) is 55.2 Å². The van der Waals surface area contributed by atoms with Crippen LogP contribution in [-0.2, 0) is 4.79 Å². The zero-order valence-corrected chi connectivity index (χ0v) is 16.7. The van der Waals surface area contributed by atoms with E-state index in [2.05, 4.69) is 0 Å². The van der Waals surface area contributed by atoms with Crippen LogP contribution in [0.1, 0.15) is 37.7 Å². The molecule has 0 amide bonds. The number of benzene rings is 2. The van der Waals surface area contributed by atoms with E-state index in [9.17, 15) is 9.59 Å². The van der Waals surface area contributed by atoms with Crippen LogP contribution in [0.5, 0.6) is 11.5 Å². The summed E-state index contributed by atoms with van der Waals surface area (Å²) < 4.78 is 16.4. The van der Waals surface area contributed by atoms with Gasteiger partial charge in [-0.1, -0.05) is 31.4 Å². The maximum Gasteiger partial charge on any atom is 0.336 e. The number of rotatable bonds is 4.